The molecule has 0 aliphatic heterocycles. The van der Waals surface area contributed by atoms with Gasteiger partial charge in [0.05, 0.1) is 27.7 Å². The molecule has 4 aliphatic carbocycles. The number of unbranched alkanes of at least 4 members (excludes halogenated alkanes) is 16. The second-order valence-corrected chi connectivity index (χ2v) is 25.7. The standard InChI is InChI=1S/C29H60NO4P.C29H50/c1-6-7-8-9-10-11-12-13-14-15-16-17-18-19-21-24-29(2)25-22-20-23-27-33-35(31,32)34-28-26-30(3,4)5;1-7-22-15-17-28(5)23(19-22)11-12-24-26-14-13-25(21(4)10-8-9-20(2)3)29(26,6)18-16-27(24)28/h2,6-28H2,1,3-5H3;11,20-22,24-27H,7-10,12-19H2,1-6H3/p+1/t;21-,22+,24-,25?,26+,27?,28?,29?/m.1/s1. The van der Waals surface area contributed by atoms with E-state index in [1.165, 1.54) is 179 Å². The Hall–Kier alpha value is -0.450. The summed E-state index contributed by atoms with van der Waals surface area (Å²) >= 11 is 0. The zero-order chi connectivity index (χ0) is 47.1. The number of phosphoric acid groups is 1. The van der Waals surface area contributed by atoms with Gasteiger partial charge in [0.25, 0.3) is 0 Å². The van der Waals surface area contributed by atoms with Crippen LogP contribution >= 0.6 is 7.82 Å². The summed E-state index contributed by atoms with van der Waals surface area (Å²) in [5.41, 5.74) is 4.42. The molecule has 0 amide bonds. The minimum atomic E-state index is -3.91. The maximum atomic E-state index is 11.9. The fourth-order valence-corrected chi connectivity index (χ4v) is 14.0. The third-order valence-corrected chi connectivity index (χ3v) is 18.6. The first-order valence-corrected chi connectivity index (χ1v) is 29.7. The minimum Gasteiger partial charge on any atom is -0.329 e. The molecule has 0 saturated heterocycles. The molecule has 1 N–H and O–H groups in total. The van der Waals surface area contributed by atoms with Gasteiger partial charge in [-0.2, -0.15) is 0 Å². The van der Waals surface area contributed by atoms with Crippen LogP contribution in [0.15, 0.2) is 23.8 Å². The zero-order valence-corrected chi connectivity index (χ0v) is 45.5. The zero-order valence-electron chi connectivity index (χ0n) is 44.6. The van der Waals surface area contributed by atoms with E-state index in [0.717, 1.165) is 73.5 Å². The SMILES string of the molecule is C=C(CCCCCCCCCCCCCCCCC)CCCCCOP(=O)(O)OCC[N+](C)(C)C.CC[C@H]1CCC2(C)C(=CC[C@H]3C2CCC2(C)C([C@H](C)CCCC(C)C)CC[C@@H]32)C1. The molecule has 376 valence electrons. The fraction of sp³-hybridized carbons (Fsp3) is 0.931. The molecule has 64 heavy (non-hydrogen) atoms. The largest absolute Gasteiger partial charge is 0.472 e. The topological polar surface area (TPSA) is 55.8 Å². The molecule has 4 aliphatic rings. The number of fused-ring (bicyclic) bond motifs is 5. The van der Waals surface area contributed by atoms with Gasteiger partial charge in [-0.25, -0.2) is 4.57 Å². The van der Waals surface area contributed by atoms with Crippen LogP contribution in [0, 0.1) is 52.3 Å². The minimum absolute atomic E-state index is 0.219. The Morgan fingerprint density at radius 2 is 1.30 bits per heavy atom. The molecule has 0 aromatic carbocycles. The van der Waals surface area contributed by atoms with Crippen LogP contribution in [0.1, 0.15) is 254 Å². The van der Waals surface area contributed by atoms with Gasteiger partial charge in [0, 0.05) is 0 Å². The average molecular weight is 918 g/mol. The molecule has 6 heteroatoms. The molecule has 4 rings (SSSR count). The summed E-state index contributed by atoms with van der Waals surface area (Å²) in [6.45, 7) is 22.9. The third-order valence-electron chi connectivity index (χ3n) is 17.6. The van der Waals surface area contributed by atoms with E-state index in [1.54, 1.807) is 0 Å². The van der Waals surface area contributed by atoms with E-state index in [2.05, 4.69) is 61.1 Å². The molecule has 0 radical (unpaired) electrons. The number of allylic oxidation sites excluding steroid dienone is 3. The lowest BCUT2D eigenvalue weighted by Crippen LogP contribution is -2.50. The van der Waals surface area contributed by atoms with Crippen molar-refractivity contribution in [3.05, 3.63) is 23.8 Å². The van der Waals surface area contributed by atoms with Crippen molar-refractivity contribution in [2.45, 2.75) is 254 Å². The van der Waals surface area contributed by atoms with Crippen molar-refractivity contribution in [3.63, 3.8) is 0 Å². The summed E-state index contributed by atoms with van der Waals surface area (Å²) in [5, 5.41) is 0. The predicted octanol–water partition coefficient (Wildman–Crippen LogP) is 18.3. The Balaban J connectivity index is 0.000000344. The van der Waals surface area contributed by atoms with Crippen molar-refractivity contribution in [2.75, 3.05) is 40.9 Å². The van der Waals surface area contributed by atoms with Crippen LogP contribution in [0.25, 0.3) is 0 Å². The van der Waals surface area contributed by atoms with Gasteiger partial charge < -0.3 is 9.38 Å². The van der Waals surface area contributed by atoms with Crippen LogP contribution in [0.2, 0.25) is 0 Å². The molecule has 3 saturated carbocycles. The van der Waals surface area contributed by atoms with Crippen LogP contribution in [0.3, 0.4) is 0 Å². The lowest BCUT2D eigenvalue weighted by molar-refractivity contribution is -0.870. The Labute approximate surface area is 400 Å². The van der Waals surface area contributed by atoms with Crippen molar-refractivity contribution in [1.82, 2.24) is 0 Å². The number of hydrogen-bond donors (Lipinski definition) is 1. The lowest BCUT2D eigenvalue weighted by atomic mass is 9.46. The Morgan fingerprint density at radius 3 is 1.86 bits per heavy atom. The molecule has 3 fully saturated rings. The van der Waals surface area contributed by atoms with Gasteiger partial charge >= 0.3 is 7.82 Å². The van der Waals surface area contributed by atoms with E-state index >= 15 is 0 Å². The number of nitrogens with zero attached hydrogens (tertiary/aromatic N) is 1. The van der Waals surface area contributed by atoms with Crippen molar-refractivity contribution in [1.29, 1.82) is 0 Å². The number of phosphoric ester groups is 1. The summed E-state index contributed by atoms with van der Waals surface area (Å²) in [6, 6.07) is 0. The summed E-state index contributed by atoms with van der Waals surface area (Å²) in [5.74, 6) is 6.78. The first-order valence-electron chi connectivity index (χ1n) is 28.2. The Morgan fingerprint density at radius 1 is 0.734 bits per heavy atom. The quantitative estimate of drug-likeness (QED) is 0.0308. The molecule has 0 spiro atoms. The lowest BCUT2D eigenvalue weighted by Gasteiger charge is -2.58. The highest BCUT2D eigenvalue weighted by Gasteiger charge is 2.59. The van der Waals surface area contributed by atoms with E-state index < -0.39 is 7.82 Å². The predicted molar refractivity (Wildman–Crippen MR) is 279 cm³/mol. The number of rotatable bonds is 33. The molecular formula is C58H111NO4P+. The van der Waals surface area contributed by atoms with Crippen molar-refractivity contribution >= 4 is 7.82 Å². The van der Waals surface area contributed by atoms with Crippen molar-refractivity contribution < 1.29 is 23.0 Å². The number of hydrogen-bond acceptors (Lipinski definition) is 3. The normalized spacial score (nSPS) is 28.1. The number of quaternary nitrogens is 1. The molecule has 5 unspecified atom stereocenters. The smallest absolute Gasteiger partial charge is 0.329 e. The van der Waals surface area contributed by atoms with Gasteiger partial charge in [0.1, 0.15) is 13.2 Å². The van der Waals surface area contributed by atoms with Gasteiger partial charge in [-0.05, 0) is 136 Å². The fourth-order valence-electron chi connectivity index (χ4n) is 13.3. The third kappa shape index (κ3) is 20.6. The van der Waals surface area contributed by atoms with Gasteiger partial charge in [-0.3, -0.25) is 9.05 Å². The maximum Gasteiger partial charge on any atom is 0.472 e. The van der Waals surface area contributed by atoms with Crippen LogP contribution in [0.4, 0.5) is 0 Å². The molecule has 0 aromatic rings. The Kier molecular flexibility index (Phi) is 27.3. The summed E-state index contributed by atoms with van der Waals surface area (Å²) in [4.78, 5) is 9.71. The van der Waals surface area contributed by atoms with Crippen molar-refractivity contribution in [2.24, 2.45) is 52.3 Å². The van der Waals surface area contributed by atoms with Crippen LogP contribution in [-0.2, 0) is 13.6 Å². The highest BCUT2D eigenvalue weighted by molar-refractivity contribution is 7.47. The first kappa shape index (κ1) is 57.9. The van der Waals surface area contributed by atoms with Gasteiger partial charge in [-0.1, -0.05) is 194 Å². The maximum absolute atomic E-state index is 11.9. The van der Waals surface area contributed by atoms with Crippen LogP contribution < -0.4 is 0 Å². The van der Waals surface area contributed by atoms with E-state index in [1.807, 2.05) is 26.7 Å². The molecule has 0 aromatic heterocycles. The molecule has 0 bridgehead atoms. The van der Waals surface area contributed by atoms with Gasteiger partial charge in [0.2, 0.25) is 0 Å². The highest BCUT2D eigenvalue weighted by atomic mass is 31.2. The highest BCUT2D eigenvalue weighted by Crippen LogP contribution is 2.67. The average Bonchev–Trinajstić information content (AvgIpc) is 3.60. The van der Waals surface area contributed by atoms with Gasteiger partial charge in [-0.15, -0.1) is 0 Å². The second kappa shape index (κ2) is 30.2. The van der Waals surface area contributed by atoms with E-state index in [4.69, 9.17) is 9.05 Å². The molecular weight excluding hydrogens is 806 g/mol. The second-order valence-electron chi connectivity index (χ2n) is 24.2. The van der Waals surface area contributed by atoms with E-state index in [9.17, 15) is 9.46 Å². The summed E-state index contributed by atoms with van der Waals surface area (Å²) in [6.07, 6.45) is 46.4. The summed E-state index contributed by atoms with van der Waals surface area (Å²) in [7, 11) is 2.13. The first-order chi connectivity index (χ1) is 30.5. The van der Waals surface area contributed by atoms with Crippen LogP contribution in [0.5, 0.6) is 0 Å². The van der Waals surface area contributed by atoms with E-state index in [-0.39, 0.29) is 13.2 Å². The molecule has 0 heterocycles. The van der Waals surface area contributed by atoms with Gasteiger partial charge in [0.15, 0.2) is 0 Å². The molecule has 5 nitrogen and oxygen atoms in total. The monoisotopic (exact) mass is 917 g/mol. The Bertz CT molecular complexity index is 1340. The molecule has 9 atom stereocenters. The van der Waals surface area contributed by atoms with E-state index in [0.29, 0.717) is 21.9 Å². The van der Waals surface area contributed by atoms with Crippen molar-refractivity contribution in [3.8, 4) is 0 Å². The number of likely N-dealkylation sites (N-methyl/N-ethyl adjacent to an activating group) is 1. The summed E-state index contributed by atoms with van der Waals surface area (Å²) < 4.78 is 22.6. The van der Waals surface area contributed by atoms with Crippen LogP contribution in [-0.4, -0.2) is 50.3 Å².